The van der Waals surface area contributed by atoms with E-state index in [-0.39, 0.29) is 23.7 Å². The zero-order chi connectivity index (χ0) is 17.8. The second-order valence-corrected chi connectivity index (χ2v) is 6.98. The summed E-state index contributed by atoms with van der Waals surface area (Å²) in [5.41, 5.74) is 1.20. The van der Waals surface area contributed by atoms with Crippen LogP contribution in [0.1, 0.15) is 15.9 Å². The van der Waals surface area contributed by atoms with Crippen LogP contribution in [0.15, 0.2) is 47.8 Å². The van der Waals surface area contributed by atoms with Crippen molar-refractivity contribution in [3.8, 4) is 0 Å². The van der Waals surface area contributed by atoms with E-state index in [2.05, 4.69) is 5.32 Å². The van der Waals surface area contributed by atoms with Gasteiger partial charge < -0.3 is 10.1 Å². The fraction of sp³-hybridized carbons (Fsp3) is 0.111. The molecule has 0 aliphatic heterocycles. The van der Waals surface area contributed by atoms with Gasteiger partial charge in [-0.15, -0.1) is 11.3 Å². The topological polar surface area (TPSA) is 55.4 Å². The number of ether oxygens (including phenoxy) is 1. The molecule has 3 aromatic rings. The molecule has 0 fully saturated rings. The lowest BCUT2D eigenvalue weighted by atomic mass is 10.2. The molecule has 1 aromatic heterocycles. The largest absolute Gasteiger partial charge is 0.459 e. The van der Waals surface area contributed by atoms with Gasteiger partial charge in [-0.05, 0) is 35.0 Å². The maximum Gasteiger partial charge on any atom is 0.325 e. The van der Waals surface area contributed by atoms with Gasteiger partial charge in [0.15, 0.2) is 0 Å². The summed E-state index contributed by atoms with van der Waals surface area (Å²) in [7, 11) is 0. The number of carbonyl (C=O) groups is 2. The third-order valence-corrected chi connectivity index (χ3v) is 5.08. The van der Waals surface area contributed by atoms with Crippen molar-refractivity contribution in [2.75, 3.05) is 6.54 Å². The molecule has 0 bridgehead atoms. The molecule has 25 heavy (non-hydrogen) atoms. The number of esters is 1. The Morgan fingerprint density at radius 3 is 2.72 bits per heavy atom. The van der Waals surface area contributed by atoms with E-state index in [4.69, 9.17) is 27.9 Å². The van der Waals surface area contributed by atoms with Gasteiger partial charge in [-0.1, -0.05) is 41.4 Å². The molecule has 0 spiro atoms. The van der Waals surface area contributed by atoms with E-state index in [1.165, 1.54) is 12.1 Å². The lowest BCUT2D eigenvalue weighted by Crippen LogP contribution is -2.30. The Morgan fingerprint density at radius 1 is 1.12 bits per heavy atom. The van der Waals surface area contributed by atoms with Gasteiger partial charge in [0.05, 0.1) is 10.6 Å². The summed E-state index contributed by atoms with van der Waals surface area (Å²) in [5.74, 6) is -0.978. The molecule has 0 aliphatic carbocycles. The molecule has 0 radical (unpaired) electrons. The van der Waals surface area contributed by atoms with Crippen LogP contribution >= 0.6 is 34.5 Å². The fourth-order valence-electron chi connectivity index (χ4n) is 2.28. The Kier molecular flexibility index (Phi) is 5.58. The molecule has 0 saturated heterocycles. The summed E-state index contributed by atoms with van der Waals surface area (Å²) < 4.78 is 6.37. The Balaban J connectivity index is 1.53. The number of rotatable bonds is 5. The highest BCUT2D eigenvalue weighted by molar-refractivity contribution is 7.17. The van der Waals surface area contributed by atoms with E-state index < -0.39 is 11.9 Å². The number of hydrogen-bond donors (Lipinski definition) is 1. The molecule has 1 N–H and O–H groups in total. The highest BCUT2D eigenvalue weighted by atomic mass is 35.5. The van der Waals surface area contributed by atoms with Gasteiger partial charge in [-0.3, -0.25) is 9.59 Å². The van der Waals surface area contributed by atoms with E-state index in [1.807, 2.05) is 29.6 Å². The van der Waals surface area contributed by atoms with Crippen molar-refractivity contribution in [2.24, 2.45) is 0 Å². The Hall–Kier alpha value is -2.08. The molecule has 2 aromatic carbocycles. The van der Waals surface area contributed by atoms with Crippen LogP contribution in [0.3, 0.4) is 0 Å². The number of halogens is 2. The van der Waals surface area contributed by atoms with Gasteiger partial charge >= 0.3 is 5.97 Å². The summed E-state index contributed by atoms with van der Waals surface area (Å²) >= 11 is 13.4. The fourth-order valence-corrected chi connectivity index (χ4v) is 3.72. The SMILES string of the molecule is O=C(CNC(=O)c1ccc(Cl)cc1Cl)OCc1csc2ccccc12. The van der Waals surface area contributed by atoms with Gasteiger partial charge in [0.1, 0.15) is 13.2 Å². The number of hydrogen-bond acceptors (Lipinski definition) is 4. The number of thiophene rings is 1. The first kappa shape index (κ1) is 17.7. The van der Waals surface area contributed by atoms with E-state index in [9.17, 15) is 9.59 Å². The van der Waals surface area contributed by atoms with Gasteiger partial charge in [0.25, 0.3) is 5.91 Å². The van der Waals surface area contributed by atoms with Gasteiger partial charge in [-0.25, -0.2) is 0 Å². The third-order valence-electron chi connectivity index (χ3n) is 3.52. The zero-order valence-corrected chi connectivity index (χ0v) is 15.3. The van der Waals surface area contributed by atoms with Crippen LogP contribution < -0.4 is 5.32 Å². The van der Waals surface area contributed by atoms with Crippen LogP contribution in [0.5, 0.6) is 0 Å². The maximum atomic E-state index is 12.0. The summed E-state index contributed by atoms with van der Waals surface area (Å²) in [6.45, 7) is -0.0692. The third kappa shape index (κ3) is 4.31. The van der Waals surface area contributed by atoms with Crippen molar-refractivity contribution < 1.29 is 14.3 Å². The first-order valence-electron chi connectivity index (χ1n) is 7.38. The molecule has 128 valence electrons. The van der Waals surface area contributed by atoms with Gasteiger partial charge in [0.2, 0.25) is 0 Å². The molecular formula is C18H13Cl2NO3S. The van der Waals surface area contributed by atoms with Crippen LogP contribution in [0.2, 0.25) is 10.0 Å². The van der Waals surface area contributed by atoms with Crippen molar-refractivity contribution in [2.45, 2.75) is 6.61 Å². The highest BCUT2D eigenvalue weighted by Crippen LogP contribution is 2.26. The van der Waals surface area contributed by atoms with E-state index >= 15 is 0 Å². The number of amides is 1. The second kappa shape index (κ2) is 7.87. The first-order chi connectivity index (χ1) is 12.0. The number of fused-ring (bicyclic) bond motifs is 1. The summed E-state index contributed by atoms with van der Waals surface area (Å²) in [4.78, 5) is 23.9. The summed E-state index contributed by atoms with van der Waals surface area (Å²) in [6, 6.07) is 12.4. The van der Waals surface area contributed by atoms with Crippen LogP contribution in [-0.2, 0) is 16.1 Å². The van der Waals surface area contributed by atoms with E-state index in [0.717, 1.165) is 15.6 Å². The molecule has 7 heteroatoms. The van der Waals surface area contributed by atoms with Crippen LogP contribution in [0, 0.1) is 0 Å². The number of benzene rings is 2. The lowest BCUT2D eigenvalue weighted by Gasteiger charge is -2.07. The molecule has 1 heterocycles. The monoisotopic (exact) mass is 393 g/mol. The Morgan fingerprint density at radius 2 is 1.92 bits per heavy atom. The summed E-state index contributed by atoms with van der Waals surface area (Å²) in [5, 5.41) is 6.18. The number of carbonyl (C=O) groups excluding carboxylic acids is 2. The zero-order valence-electron chi connectivity index (χ0n) is 12.9. The van der Waals surface area contributed by atoms with Crippen molar-refractivity contribution >= 4 is 56.5 Å². The average Bonchev–Trinajstić information content (AvgIpc) is 3.01. The lowest BCUT2D eigenvalue weighted by molar-refractivity contribution is -0.143. The molecule has 0 unspecified atom stereocenters. The van der Waals surface area contributed by atoms with E-state index in [1.54, 1.807) is 17.4 Å². The molecule has 0 atom stereocenters. The Bertz CT molecular complexity index is 939. The predicted molar refractivity (Wildman–Crippen MR) is 100 cm³/mol. The predicted octanol–water partition coefficient (Wildman–Crippen LogP) is 4.68. The van der Waals surface area contributed by atoms with Crippen LogP contribution in [-0.4, -0.2) is 18.4 Å². The maximum absolute atomic E-state index is 12.0. The van der Waals surface area contributed by atoms with Gasteiger partial charge in [0, 0.05) is 15.3 Å². The minimum atomic E-state index is -0.520. The second-order valence-electron chi connectivity index (χ2n) is 5.22. The van der Waals surface area contributed by atoms with Crippen LogP contribution in [0.25, 0.3) is 10.1 Å². The van der Waals surface area contributed by atoms with Gasteiger partial charge in [-0.2, -0.15) is 0 Å². The smallest absolute Gasteiger partial charge is 0.325 e. The van der Waals surface area contributed by atoms with E-state index in [0.29, 0.717) is 5.02 Å². The minimum absolute atomic E-state index is 0.167. The van der Waals surface area contributed by atoms with Crippen molar-refractivity contribution in [3.63, 3.8) is 0 Å². The minimum Gasteiger partial charge on any atom is -0.459 e. The molecule has 4 nitrogen and oxygen atoms in total. The summed E-state index contributed by atoms with van der Waals surface area (Å²) in [6.07, 6.45) is 0. The number of nitrogens with one attached hydrogen (secondary N) is 1. The van der Waals surface area contributed by atoms with Crippen LogP contribution in [0.4, 0.5) is 0 Å². The van der Waals surface area contributed by atoms with Crippen molar-refractivity contribution in [3.05, 3.63) is 69.0 Å². The quantitative estimate of drug-likeness (QED) is 0.640. The molecule has 0 aliphatic rings. The van der Waals surface area contributed by atoms with Crippen molar-refractivity contribution in [1.29, 1.82) is 0 Å². The highest BCUT2D eigenvalue weighted by Gasteiger charge is 2.13. The molecule has 0 saturated carbocycles. The molecule has 1 amide bonds. The standard InChI is InChI=1S/C18H13Cl2NO3S/c19-12-5-6-14(15(20)7-12)18(23)21-8-17(22)24-9-11-10-25-16-4-2-1-3-13(11)16/h1-7,10H,8-9H2,(H,21,23). The molecule has 3 rings (SSSR count). The first-order valence-corrected chi connectivity index (χ1v) is 9.02. The van der Waals surface area contributed by atoms with Crippen molar-refractivity contribution in [1.82, 2.24) is 5.32 Å². The average molecular weight is 394 g/mol. The Labute approximate surface area is 158 Å². The normalized spacial score (nSPS) is 10.6. The molecular weight excluding hydrogens is 381 g/mol.